The summed E-state index contributed by atoms with van der Waals surface area (Å²) in [6.45, 7) is 0. The van der Waals surface area contributed by atoms with Gasteiger partial charge in [0.15, 0.2) is 0 Å². The monoisotopic (exact) mass is 313 g/mol. The highest BCUT2D eigenvalue weighted by molar-refractivity contribution is 7.17. The van der Waals surface area contributed by atoms with Gasteiger partial charge in [-0.1, -0.05) is 0 Å². The van der Waals surface area contributed by atoms with Crippen LogP contribution in [0.5, 0.6) is 0 Å². The first kappa shape index (κ1) is 14.2. The fourth-order valence-corrected chi connectivity index (χ4v) is 2.93. The molecule has 0 unspecified atom stereocenters. The quantitative estimate of drug-likeness (QED) is 0.774. The number of amides is 1. The van der Waals surface area contributed by atoms with Crippen LogP contribution in [-0.4, -0.2) is 34.0 Å². The van der Waals surface area contributed by atoms with E-state index in [0.717, 1.165) is 21.6 Å². The maximum atomic E-state index is 11.7. The summed E-state index contributed by atoms with van der Waals surface area (Å²) >= 11 is 1.15. The van der Waals surface area contributed by atoms with Crippen molar-refractivity contribution in [1.82, 2.24) is 15.3 Å². The number of carboxylic acids is 1. The highest BCUT2D eigenvalue weighted by Crippen LogP contribution is 2.32. The molecule has 1 amide bonds. The molecule has 6 nitrogen and oxygen atoms in total. The van der Waals surface area contributed by atoms with Gasteiger partial charge in [0.25, 0.3) is 5.91 Å². The van der Waals surface area contributed by atoms with E-state index in [-0.39, 0.29) is 10.8 Å². The molecule has 22 heavy (non-hydrogen) atoms. The van der Waals surface area contributed by atoms with Gasteiger partial charge in [-0.25, -0.2) is 9.78 Å². The molecular formula is C15H11N3O3S. The largest absolute Gasteiger partial charge is 0.477 e. The van der Waals surface area contributed by atoms with Crippen LogP contribution in [0, 0.1) is 0 Å². The molecule has 0 saturated heterocycles. The van der Waals surface area contributed by atoms with Gasteiger partial charge in [-0.05, 0) is 24.3 Å². The molecule has 0 saturated carbocycles. The Morgan fingerprint density at radius 1 is 1.18 bits per heavy atom. The second-order valence-electron chi connectivity index (χ2n) is 4.50. The average Bonchev–Trinajstić information content (AvgIpc) is 3.03. The lowest BCUT2D eigenvalue weighted by Gasteiger charge is -2.05. The van der Waals surface area contributed by atoms with Gasteiger partial charge >= 0.3 is 5.97 Å². The number of nitrogens with one attached hydrogen (secondary N) is 1. The fraction of sp³-hybridized carbons (Fsp3) is 0.0667. The lowest BCUT2D eigenvalue weighted by molar-refractivity contribution is 0.0702. The summed E-state index contributed by atoms with van der Waals surface area (Å²) in [6.07, 6.45) is 3.28. The number of nitrogens with zero attached hydrogens (tertiary/aromatic N) is 2. The number of rotatable bonds is 3. The van der Waals surface area contributed by atoms with Crippen LogP contribution in [0.4, 0.5) is 0 Å². The molecule has 3 rings (SSSR count). The highest BCUT2D eigenvalue weighted by Gasteiger charge is 2.13. The van der Waals surface area contributed by atoms with Crippen LogP contribution in [-0.2, 0) is 0 Å². The van der Waals surface area contributed by atoms with E-state index in [9.17, 15) is 9.59 Å². The molecule has 2 N–H and O–H groups in total. The maximum Gasteiger partial charge on any atom is 0.345 e. The summed E-state index contributed by atoms with van der Waals surface area (Å²) in [5.41, 5.74) is 1.63. The van der Waals surface area contributed by atoms with Crippen LogP contribution in [0.25, 0.3) is 21.3 Å². The zero-order chi connectivity index (χ0) is 15.7. The van der Waals surface area contributed by atoms with Gasteiger partial charge in [-0.15, -0.1) is 11.3 Å². The molecule has 3 aromatic heterocycles. The zero-order valence-electron chi connectivity index (χ0n) is 11.5. The Kier molecular flexibility index (Phi) is 3.56. The van der Waals surface area contributed by atoms with Crippen molar-refractivity contribution in [2.45, 2.75) is 0 Å². The van der Waals surface area contributed by atoms with E-state index in [4.69, 9.17) is 5.11 Å². The Labute approximate surface area is 129 Å². The van der Waals surface area contributed by atoms with Gasteiger partial charge in [-0.3, -0.25) is 9.78 Å². The van der Waals surface area contributed by atoms with Gasteiger partial charge in [0.2, 0.25) is 0 Å². The minimum atomic E-state index is -0.969. The molecule has 0 radical (unpaired) electrons. The fourth-order valence-electron chi connectivity index (χ4n) is 2.08. The third kappa shape index (κ3) is 2.42. The number of fused-ring (bicyclic) bond motifs is 1. The second-order valence-corrected chi connectivity index (χ2v) is 5.59. The molecule has 0 aliphatic carbocycles. The van der Waals surface area contributed by atoms with E-state index < -0.39 is 5.97 Å². The van der Waals surface area contributed by atoms with Crippen molar-refractivity contribution in [1.29, 1.82) is 0 Å². The normalized spacial score (nSPS) is 10.6. The summed E-state index contributed by atoms with van der Waals surface area (Å²) in [4.78, 5) is 32.3. The molecule has 0 aliphatic heterocycles. The molecule has 110 valence electrons. The molecule has 3 heterocycles. The summed E-state index contributed by atoms with van der Waals surface area (Å²) in [5, 5.41) is 12.4. The van der Waals surface area contributed by atoms with Crippen molar-refractivity contribution in [2.24, 2.45) is 0 Å². The summed E-state index contributed by atoms with van der Waals surface area (Å²) < 4.78 is 0. The molecule has 3 aromatic rings. The first-order valence-electron chi connectivity index (χ1n) is 6.40. The molecule has 0 fully saturated rings. The van der Waals surface area contributed by atoms with E-state index in [2.05, 4.69) is 15.3 Å². The van der Waals surface area contributed by atoms with E-state index in [0.29, 0.717) is 16.8 Å². The lowest BCUT2D eigenvalue weighted by atomic mass is 10.1. The van der Waals surface area contributed by atoms with Gasteiger partial charge in [-0.2, -0.15) is 0 Å². The standard InChI is InChI=1S/C15H11N3O3S/c1-16-14(19)10-3-2-8-6-17-7-9(13(8)18-10)11-4-5-12(22-11)15(20)21/h2-7H,1H3,(H,16,19)(H,20,21). The predicted molar refractivity (Wildman–Crippen MR) is 83.2 cm³/mol. The Morgan fingerprint density at radius 3 is 2.68 bits per heavy atom. The van der Waals surface area contributed by atoms with E-state index in [1.165, 1.54) is 0 Å². The first-order chi connectivity index (χ1) is 10.6. The lowest BCUT2D eigenvalue weighted by Crippen LogP contribution is -2.19. The molecule has 0 bridgehead atoms. The third-order valence-electron chi connectivity index (χ3n) is 3.14. The van der Waals surface area contributed by atoms with Crippen molar-refractivity contribution < 1.29 is 14.7 Å². The molecular weight excluding hydrogens is 302 g/mol. The number of aromatic nitrogens is 2. The average molecular weight is 313 g/mol. The second kappa shape index (κ2) is 5.53. The topological polar surface area (TPSA) is 92.2 Å². The van der Waals surface area contributed by atoms with Gasteiger partial charge in [0.1, 0.15) is 10.6 Å². The number of hydrogen-bond acceptors (Lipinski definition) is 5. The zero-order valence-corrected chi connectivity index (χ0v) is 12.3. The summed E-state index contributed by atoms with van der Waals surface area (Å²) in [6, 6.07) is 6.67. The van der Waals surface area contributed by atoms with Crippen LogP contribution >= 0.6 is 11.3 Å². The Balaban J connectivity index is 2.19. The first-order valence-corrected chi connectivity index (χ1v) is 7.22. The van der Waals surface area contributed by atoms with Crippen molar-refractivity contribution in [3.8, 4) is 10.4 Å². The van der Waals surface area contributed by atoms with Gasteiger partial charge < -0.3 is 10.4 Å². The minimum Gasteiger partial charge on any atom is -0.477 e. The summed E-state index contributed by atoms with van der Waals surface area (Å²) in [7, 11) is 1.54. The molecule has 0 aliphatic rings. The van der Waals surface area contributed by atoms with Crippen molar-refractivity contribution in [2.75, 3.05) is 7.05 Å². The predicted octanol–water partition coefficient (Wildman–Crippen LogP) is 2.42. The minimum absolute atomic E-state index is 0.245. The third-order valence-corrected chi connectivity index (χ3v) is 4.25. The SMILES string of the molecule is CNC(=O)c1ccc2cncc(-c3ccc(C(=O)O)s3)c2n1. The molecule has 0 spiro atoms. The maximum absolute atomic E-state index is 11.7. The van der Waals surface area contributed by atoms with Crippen molar-refractivity contribution >= 4 is 34.1 Å². The van der Waals surface area contributed by atoms with Crippen LogP contribution in [0.1, 0.15) is 20.2 Å². The van der Waals surface area contributed by atoms with Crippen LogP contribution < -0.4 is 5.32 Å². The van der Waals surface area contributed by atoms with Crippen molar-refractivity contribution in [3.05, 3.63) is 47.2 Å². The van der Waals surface area contributed by atoms with Crippen LogP contribution in [0.3, 0.4) is 0 Å². The number of thiophene rings is 1. The Morgan fingerprint density at radius 2 is 2.00 bits per heavy atom. The highest BCUT2D eigenvalue weighted by atomic mass is 32.1. The van der Waals surface area contributed by atoms with E-state index in [1.807, 2.05) is 0 Å². The Bertz CT molecular complexity index is 889. The van der Waals surface area contributed by atoms with Gasteiger partial charge in [0.05, 0.1) is 5.52 Å². The van der Waals surface area contributed by atoms with Crippen molar-refractivity contribution in [3.63, 3.8) is 0 Å². The van der Waals surface area contributed by atoms with E-state index in [1.54, 1.807) is 43.7 Å². The number of carboxylic acid groups (broad SMARTS) is 1. The summed E-state index contributed by atoms with van der Waals surface area (Å²) in [5.74, 6) is -1.24. The molecule has 7 heteroatoms. The smallest absolute Gasteiger partial charge is 0.345 e. The number of hydrogen-bond donors (Lipinski definition) is 2. The number of carbonyl (C=O) groups excluding carboxylic acids is 1. The number of carbonyl (C=O) groups is 2. The Hall–Kier alpha value is -2.80. The van der Waals surface area contributed by atoms with Crippen LogP contribution in [0.15, 0.2) is 36.7 Å². The van der Waals surface area contributed by atoms with Gasteiger partial charge in [0, 0.05) is 35.3 Å². The molecule has 0 atom stereocenters. The number of pyridine rings is 2. The van der Waals surface area contributed by atoms with Crippen LogP contribution in [0.2, 0.25) is 0 Å². The number of aromatic carboxylic acids is 1. The van der Waals surface area contributed by atoms with E-state index >= 15 is 0 Å². The molecule has 0 aromatic carbocycles.